The minimum Gasteiger partial charge on any atom is -0.493 e. The summed E-state index contributed by atoms with van der Waals surface area (Å²) in [4.78, 5) is 1.56. The fourth-order valence-corrected chi connectivity index (χ4v) is 6.00. The van der Waals surface area contributed by atoms with E-state index in [0.29, 0.717) is 0 Å². The molecule has 3 aromatic rings. The summed E-state index contributed by atoms with van der Waals surface area (Å²) in [7, 11) is 1.68. The molecule has 0 aliphatic carbocycles. The third-order valence-corrected chi connectivity index (χ3v) is 7.81. The van der Waals surface area contributed by atoms with Crippen molar-refractivity contribution in [2.75, 3.05) is 20.2 Å². The summed E-state index contributed by atoms with van der Waals surface area (Å²) in [5.74, 6) is 1.30. The smallest absolute Gasteiger partial charge is 0.191 e. The van der Waals surface area contributed by atoms with Crippen molar-refractivity contribution in [2.24, 2.45) is 0 Å². The van der Waals surface area contributed by atoms with Gasteiger partial charge in [0.15, 0.2) is 17.2 Å². The summed E-state index contributed by atoms with van der Waals surface area (Å²) < 4.78 is 27.1. The van der Waals surface area contributed by atoms with E-state index in [-0.39, 0.29) is 11.9 Å². The lowest BCUT2D eigenvalue weighted by atomic mass is 9.92. The molecule has 1 fully saturated rings. The van der Waals surface area contributed by atoms with Gasteiger partial charge in [0, 0.05) is 15.6 Å². The first kappa shape index (κ1) is 22.6. The lowest BCUT2D eigenvalue weighted by Gasteiger charge is -2.50. The number of rotatable bonds is 4. The van der Waals surface area contributed by atoms with E-state index in [1.54, 1.807) is 12.0 Å². The normalized spacial score (nSPS) is 25.3. The second-order valence-corrected chi connectivity index (χ2v) is 10.4. The Morgan fingerprint density at radius 3 is 2.57 bits per heavy atom. The molecule has 5 nitrogen and oxygen atoms in total. The molecule has 3 heterocycles. The van der Waals surface area contributed by atoms with Gasteiger partial charge in [0.1, 0.15) is 12.4 Å². The van der Waals surface area contributed by atoms with E-state index >= 15 is 0 Å². The third-order valence-electron chi connectivity index (χ3n) is 7.35. The maximum atomic E-state index is 13.6. The average Bonchev–Trinajstić information content (AvgIpc) is 3.34. The SMILES string of the molecule is COc1cc(Br)cc2c1OC1(CC[NH+](Cc3ccccc3)CC1)N1NC(c3ccc(F)cc3)=CC21. The summed E-state index contributed by atoms with van der Waals surface area (Å²) in [5.41, 5.74) is 7.45. The Labute approximate surface area is 213 Å². The van der Waals surface area contributed by atoms with E-state index in [1.165, 1.54) is 17.7 Å². The molecule has 0 radical (unpaired) electrons. The van der Waals surface area contributed by atoms with Gasteiger partial charge in [-0.2, -0.15) is 5.01 Å². The second kappa shape index (κ2) is 8.97. The first-order chi connectivity index (χ1) is 17.0. The van der Waals surface area contributed by atoms with Crippen molar-refractivity contribution >= 4 is 21.6 Å². The molecule has 0 aromatic heterocycles. The molecular formula is C28H28BrFN3O2+. The zero-order valence-corrected chi connectivity index (χ0v) is 21.1. The zero-order valence-electron chi connectivity index (χ0n) is 19.6. The van der Waals surface area contributed by atoms with E-state index in [9.17, 15) is 4.39 Å². The summed E-state index contributed by atoms with van der Waals surface area (Å²) >= 11 is 3.63. The molecule has 35 heavy (non-hydrogen) atoms. The number of likely N-dealkylation sites (tertiary alicyclic amines) is 1. The van der Waals surface area contributed by atoms with Crippen LogP contribution < -0.4 is 19.8 Å². The van der Waals surface area contributed by atoms with Gasteiger partial charge in [0.05, 0.1) is 44.8 Å². The quantitative estimate of drug-likeness (QED) is 0.516. The van der Waals surface area contributed by atoms with Gasteiger partial charge in [0.2, 0.25) is 0 Å². The van der Waals surface area contributed by atoms with Crippen LogP contribution in [0.4, 0.5) is 4.39 Å². The predicted molar refractivity (Wildman–Crippen MR) is 136 cm³/mol. The van der Waals surface area contributed by atoms with Crippen molar-refractivity contribution in [1.82, 2.24) is 10.4 Å². The molecule has 0 amide bonds. The Morgan fingerprint density at radius 1 is 1.11 bits per heavy atom. The van der Waals surface area contributed by atoms with Gasteiger partial charge in [-0.25, -0.2) is 4.39 Å². The third kappa shape index (κ3) is 4.11. The van der Waals surface area contributed by atoms with Crippen LogP contribution in [0, 0.1) is 5.82 Å². The zero-order chi connectivity index (χ0) is 24.0. The van der Waals surface area contributed by atoms with Crippen LogP contribution in [-0.2, 0) is 6.54 Å². The van der Waals surface area contributed by atoms with Crippen LogP contribution in [0.15, 0.2) is 77.3 Å². The molecule has 180 valence electrons. The molecule has 1 unspecified atom stereocenters. The number of hydrazine groups is 1. The van der Waals surface area contributed by atoms with Crippen LogP contribution in [0.2, 0.25) is 0 Å². The molecule has 0 bridgehead atoms. The number of hydrogen-bond acceptors (Lipinski definition) is 4. The lowest BCUT2D eigenvalue weighted by Crippen LogP contribution is -3.12. The van der Waals surface area contributed by atoms with Crippen LogP contribution in [0.1, 0.15) is 35.6 Å². The molecule has 3 aliphatic heterocycles. The maximum Gasteiger partial charge on any atom is 0.191 e. The van der Waals surface area contributed by atoms with Crippen molar-refractivity contribution in [3.8, 4) is 11.5 Å². The molecule has 1 saturated heterocycles. The molecule has 2 N–H and O–H groups in total. The number of nitrogens with one attached hydrogen (secondary N) is 2. The molecular weight excluding hydrogens is 509 g/mol. The van der Waals surface area contributed by atoms with Gasteiger partial charge >= 0.3 is 0 Å². The first-order valence-electron chi connectivity index (χ1n) is 12.0. The largest absolute Gasteiger partial charge is 0.493 e. The predicted octanol–water partition coefficient (Wildman–Crippen LogP) is 4.47. The molecule has 1 atom stereocenters. The van der Waals surface area contributed by atoms with Gasteiger partial charge in [-0.1, -0.05) is 46.3 Å². The highest BCUT2D eigenvalue weighted by Crippen LogP contribution is 2.51. The number of piperidine rings is 1. The number of hydrogen-bond donors (Lipinski definition) is 2. The van der Waals surface area contributed by atoms with E-state index in [0.717, 1.165) is 65.3 Å². The summed E-state index contributed by atoms with van der Waals surface area (Å²) in [6.07, 6.45) is 3.97. The van der Waals surface area contributed by atoms with E-state index in [2.05, 4.69) is 68.8 Å². The fourth-order valence-electron chi connectivity index (χ4n) is 5.55. The lowest BCUT2D eigenvalue weighted by molar-refractivity contribution is -0.921. The van der Waals surface area contributed by atoms with Crippen LogP contribution in [0.25, 0.3) is 5.70 Å². The topological polar surface area (TPSA) is 38.2 Å². The number of fused-ring (bicyclic) bond motifs is 4. The van der Waals surface area contributed by atoms with Crippen molar-refractivity contribution in [3.63, 3.8) is 0 Å². The summed E-state index contributed by atoms with van der Waals surface area (Å²) in [5, 5.41) is 2.26. The van der Waals surface area contributed by atoms with Crippen molar-refractivity contribution in [2.45, 2.75) is 31.2 Å². The number of quaternary nitrogens is 1. The van der Waals surface area contributed by atoms with E-state index in [4.69, 9.17) is 9.47 Å². The maximum absolute atomic E-state index is 13.6. The van der Waals surface area contributed by atoms with Crippen LogP contribution >= 0.6 is 15.9 Å². The number of nitrogens with zero attached hydrogens (tertiary/aromatic N) is 1. The van der Waals surface area contributed by atoms with Crippen molar-refractivity contribution < 1.29 is 18.8 Å². The number of halogens is 2. The fraction of sp³-hybridized carbons (Fsp3) is 0.286. The standard InChI is InChI=1S/C28H27BrFN3O2/c1-34-26-16-21(29)15-23-25-17-24(20-7-9-22(30)10-8-20)31-33(25)28(35-27(23)26)11-13-32(14-12-28)18-19-5-3-2-4-6-19/h2-10,15-17,25,31H,11-14,18H2,1H3/p+1. The molecule has 1 spiro atoms. The van der Waals surface area contributed by atoms with Crippen molar-refractivity contribution in [3.05, 3.63) is 99.8 Å². The van der Waals surface area contributed by atoms with Gasteiger partial charge in [-0.15, -0.1) is 0 Å². The Kier molecular flexibility index (Phi) is 5.79. The number of benzene rings is 3. The highest BCUT2D eigenvalue weighted by atomic mass is 79.9. The van der Waals surface area contributed by atoms with Gasteiger partial charge in [-0.05, 0) is 48.0 Å². The first-order valence-corrected chi connectivity index (χ1v) is 12.8. The van der Waals surface area contributed by atoms with E-state index < -0.39 is 5.72 Å². The van der Waals surface area contributed by atoms with Gasteiger partial charge in [0.25, 0.3) is 0 Å². The number of ether oxygens (including phenoxy) is 2. The Balaban J connectivity index is 1.34. The van der Waals surface area contributed by atoms with Gasteiger partial charge in [-0.3, -0.25) is 0 Å². The second-order valence-electron chi connectivity index (χ2n) is 9.50. The summed E-state index contributed by atoms with van der Waals surface area (Å²) in [6, 6.07) is 21.3. The molecule has 0 saturated carbocycles. The highest BCUT2D eigenvalue weighted by molar-refractivity contribution is 9.10. The molecule has 6 rings (SSSR count). The minimum atomic E-state index is -0.503. The molecule has 3 aliphatic rings. The average molecular weight is 537 g/mol. The highest BCUT2D eigenvalue weighted by Gasteiger charge is 2.53. The van der Waals surface area contributed by atoms with E-state index in [1.807, 2.05) is 18.2 Å². The molecule has 7 heteroatoms. The number of methoxy groups -OCH3 is 1. The molecule has 3 aromatic carbocycles. The Bertz CT molecular complexity index is 1260. The van der Waals surface area contributed by atoms with Crippen LogP contribution in [-0.4, -0.2) is 30.9 Å². The van der Waals surface area contributed by atoms with Gasteiger partial charge < -0.3 is 19.8 Å². The Hall–Kier alpha value is -2.87. The monoisotopic (exact) mass is 536 g/mol. The summed E-state index contributed by atoms with van der Waals surface area (Å²) in [6.45, 7) is 3.01. The van der Waals surface area contributed by atoms with Crippen molar-refractivity contribution in [1.29, 1.82) is 0 Å². The van der Waals surface area contributed by atoms with Crippen LogP contribution in [0.3, 0.4) is 0 Å². The van der Waals surface area contributed by atoms with Crippen LogP contribution in [0.5, 0.6) is 11.5 Å². The Morgan fingerprint density at radius 2 is 1.86 bits per heavy atom. The minimum absolute atomic E-state index is 0.0270.